The van der Waals surface area contributed by atoms with E-state index >= 15 is 0 Å². The lowest BCUT2D eigenvalue weighted by Crippen LogP contribution is -2.28. The Morgan fingerprint density at radius 3 is 2.76 bits per heavy atom. The predicted molar refractivity (Wildman–Crippen MR) is 111 cm³/mol. The van der Waals surface area contributed by atoms with Crippen molar-refractivity contribution in [1.29, 1.82) is 0 Å². The number of hydrogen-bond donors (Lipinski definition) is 3. The van der Waals surface area contributed by atoms with Crippen LogP contribution in [-0.2, 0) is 6.42 Å². The van der Waals surface area contributed by atoms with Crippen LogP contribution >= 0.6 is 0 Å². The maximum absolute atomic E-state index is 6.93. The second kappa shape index (κ2) is 8.71. The van der Waals surface area contributed by atoms with E-state index in [2.05, 4.69) is 53.8 Å². The number of rotatable bonds is 6. The number of nitrogens with one attached hydrogen (secondary N) is 3. The Bertz CT molecular complexity index is 1000. The molecule has 8 heteroatoms. The molecule has 1 aliphatic rings. The Balaban J connectivity index is 1.49. The fourth-order valence-electron chi connectivity index (χ4n) is 3.60. The Morgan fingerprint density at radius 1 is 1.17 bits per heavy atom. The molecule has 148 valence electrons. The summed E-state index contributed by atoms with van der Waals surface area (Å²) in [5, 5.41) is 13.8. The maximum atomic E-state index is 6.93. The van der Waals surface area contributed by atoms with Crippen LogP contribution < -0.4 is 15.4 Å². The van der Waals surface area contributed by atoms with Crippen molar-refractivity contribution in [1.82, 2.24) is 25.5 Å². The predicted octanol–water partition coefficient (Wildman–Crippen LogP) is 3.71. The third-order valence-corrected chi connectivity index (χ3v) is 5.13. The van der Waals surface area contributed by atoms with E-state index < -0.39 is 0 Å². The standard InChI is InChI=1S/C21H23N7O/c1-22-20-12-25-21(13-24-20)26-19-11-17(27-28-19)16-4-3-15(10-18(16)29-2)9-14-5-7-23-8-6-14/h3-4,10-14,23H,5-9H2,2H3,(H2,25,26,27,28). The van der Waals surface area contributed by atoms with Gasteiger partial charge in [-0.1, -0.05) is 12.6 Å². The molecule has 2 aromatic heterocycles. The molecule has 8 nitrogen and oxygen atoms in total. The van der Waals surface area contributed by atoms with Gasteiger partial charge in [-0.2, -0.15) is 5.10 Å². The van der Waals surface area contributed by atoms with Gasteiger partial charge in [0.05, 0.1) is 19.0 Å². The highest BCUT2D eigenvalue weighted by Crippen LogP contribution is 2.32. The summed E-state index contributed by atoms with van der Waals surface area (Å²) < 4.78 is 5.65. The number of nitrogens with zero attached hydrogens (tertiary/aromatic N) is 4. The molecule has 0 unspecified atom stereocenters. The molecule has 3 heterocycles. The quantitative estimate of drug-likeness (QED) is 0.557. The zero-order valence-electron chi connectivity index (χ0n) is 16.3. The van der Waals surface area contributed by atoms with Gasteiger partial charge in [0.2, 0.25) is 0 Å². The summed E-state index contributed by atoms with van der Waals surface area (Å²) >= 11 is 0. The summed E-state index contributed by atoms with van der Waals surface area (Å²) in [6.07, 6.45) is 6.46. The van der Waals surface area contributed by atoms with E-state index in [1.54, 1.807) is 7.11 Å². The molecule has 29 heavy (non-hydrogen) atoms. The maximum Gasteiger partial charge on any atom is 0.288 e. The minimum absolute atomic E-state index is 0.257. The van der Waals surface area contributed by atoms with E-state index in [9.17, 15) is 0 Å². The highest BCUT2D eigenvalue weighted by Gasteiger charge is 2.16. The Labute approximate surface area is 169 Å². The van der Waals surface area contributed by atoms with Gasteiger partial charge in [0, 0.05) is 11.6 Å². The normalized spacial score (nSPS) is 14.3. The monoisotopic (exact) mass is 389 g/mol. The molecule has 1 aromatic carbocycles. The minimum atomic E-state index is 0.257. The average molecular weight is 389 g/mol. The van der Waals surface area contributed by atoms with Crippen molar-refractivity contribution in [2.24, 2.45) is 5.92 Å². The van der Waals surface area contributed by atoms with E-state index in [1.807, 2.05) is 6.07 Å². The Kier molecular flexibility index (Phi) is 5.68. The number of anilines is 2. The average Bonchev–Trinajstić information content (AvgIpc) is 3.23. The molecule has 1 saturated heterocycles. The lowest BCUT2D eigenvalue weighted by molar-refractivity contribution is 0.371. The molecule has 0 amide bonds. The van der Waals surface area contributed by atoms with Gasteiger partial charge >= 0.3 is 0 Å². The van der Waals surface area contributed by atoms with Gasteiger partial charge < -0.3 is 20.2 Å². The first-order valence-electron chi connectivity index (χ1n) is 9.65. The fraction of sp³-hybridized carbons (Fsp3) is 0.333. The van der Waals surface area contributed by atoms with Crippen LogP contribution in [0.1, 0.15) is 18.4 Å². The molecule has 0 spiro atoms. The van der Waals surface area contributed by atoms with Gasteiger partial charge in [0.1, 0.15) is 5.75 Å². The summed E-state index contributed by atoms with van der Waals surface area (Å²) in [7, 11) is 1.69. The molecule has 3 N–H and O–H groups in total. The first-order chi connectivity index (χ1) is 14.2. The van der Waals surface area contributed by atoms with Crippen molar-refractivity contribution in [3.63, 3.8) is 0 Å². The summed E-state index contributed by atoms with van der Waals surface area (Å²) in [5.41, 5.74) is 3.10. The zero-order chi connectivity index (χ0) is 20.1. The molecular formula is C21H23N7O. The van der Waals surface area contributed by atoms with E-state index in [-0.39, 0.29) is 5.82 Å². The van der Waals surface area contributed by atoms with Crippen molar-refractivity contribution < 1.29 is 4.74 Å². The van der Waals surface area contributed by atoms with Crippen LogP contribution in [0.15, 0.2) is 36.7 Å². The lowest BCUT2D eigenvalue weighted by atomic mass is 9.90. The molecule has 0 atom stereocenters. The molecule has 4 rings (SSSR count). The number of H-pyrrole nitrogens is 1. The second-order valence-corrected chi connectivity index (χ2v) is 7.10. The number of hydrogen-bond acceptors (Lipinski definition) is 6. The van der Waals surface area contributed by atoms with Gasteiger partial charge in [-0.15, -0.1) is 4.98 Å². The van der Waals surface area contributed by atoms with Crippen LogP contribution in [0.5, 0.6) is 5.75 Å². The molecule has 1 fully saturated rings. The van der Waals surface area contributed by atoms with Gasteiger partial charge in [-0.25, -0.2) is 4.98 Å². The minimum Gasteiger partial charge on any atom is -0.496 e. The molecule has 1 aliphatic heterocycles. The third-order valence-electron chi connectivity index (χ3n) is 5.13. The van der Waals surface area contributed by atoms with Crippen molar-refractivity contribution in [3.05, 3.63) is 53.6 Å². The second-order valence-electron chi connectivity index (χ2n) is 7.10. The van der Waals surface area contributed by atoms with E-state index in [1.165, 1.54) is 30.8 Å². The fourth-order valence-corrected chi connectivity index (χ4v) is 3.60. The summed E-state index contributed by atoms with van der Waals surface area (Å²) in [6.45, 7) is 9.14. The molecule has 0 bridgehead atoms. The van der Waals surface area contributed by atoms with E-state index in [0.717, 1.165) is 42.4 Å². The first kappa shape index (κ1) is 18.9. The van der Waals surface area contributed by atoms with Gasteiger partial charge in [-0.05, 0) is 56.0 Å². The van der Waals surface area contributed by atoms with Crippen molar-refractivity contribution in [2.45, 2.75) is 19.3 Å². The third kappa shape index (κ3) is 4.52. The van der Waals surface area contributed by atoms with Crippen LogP contribution in [0.25, 0.3) is 16.1 Å². The smallest absolute Gasteiger partial charge is 0.288 e. The van der Waals surface area contributed by atoms with Crippen LogP contribution in [0.4, 0.5) is 17.5 Å². The van der Waals surface area contributed by atoms with Crippen LogP contribution in [-0.4, -0.2) is 40.4 Å². The molecule has 0 radical (unpaired) electrons. The van der Waals surface area contributed by atoms with Gasteiger partial charge in [0.15, 0.2) is 17.8 Å². The SMILES string of the molecule is [C-]#[N+]c1cnc(Nc2cc(-c3ccc(CC4CCNCC4)cc3OC)[nH]n2)cn1. The van der Waals surface area contributed by atoms with Crippen molar-refractivity contribution in [2.75, 3.05) is 25.5 Å². The Hall–Kier alpha value is -3.44. The summed E-state index contributed by atoms with van der Waals surface area (Å²) in [6, 6.07) is 8.27. The number of aromatic nitrogens is 4. The van der Waals surface area contributed by atoms with E-state index in [0.29, 0.717) is 11.6 Å². The highest BCUT2D eigenvalue weighted by atomic mass is 16.5. The van der Waals surface area contributed by atoms with Gasteiger partial charge in [-0.3, -0.25) is 5.10 Å². The first-order valence-corrected chi connectivity index (χ1v) is 9.65. The molecule has 0 aliphatic carbocycles. The van der Waals surface area contributed by atoms with E-state index in [4.69, 9.17) is 11.3 Å². The largest absolute Gasteiger partial charge is 0.496 e. The number of aromatic amines is 1. The number of methoxy groups -OCH3 is 1. The Morgan fingerprint density at radius 2 is 2.03 bits per heavy atom. The highest BCUT2D eigenvalue weighted by molar-refractivity contribution is 5.71. The number of ether oxygens (including phenoxy) is 1. The summed E-state index contributed by atoms with van der Waals surface area (Å²) in [5.74, 6) is 2.95. The topological polar surface area (TPSA) is 92.1 Å². The zero-order valence-corrected chi connectivity index (χ0v) is 16.3. The number of benzene rings is 1. The van der Waals surface area contributed by atoms with Crippen molar-refractivity contribution >= 4 is 17.5 Å². The molecule has 3 aromatic rings. The van der Waals surface area contributed by atoms with Crippen molar-refractivity contribution in [3.8, 4) is 17.0 Å². The lowest BCUT2D eigenvalue weighted by Gasteiger charge is -2.22. The summed E-state index contributed by atoms with van der Waals surface area (Å²) in [4.78, 5) is 11.4. The number of piperidine rings is 1. The molecular weight excluding hydrogens is 366 g/mol. The van der Waals surface area contributed by atoms with Crippen LogP contribution in [0.3, 0.4) is 0 Å². The van der Waals surface area contributed by atoms with Crippen LogP contribution in [0.2, 0.25) is 0 Å². The van der Waals surface area contributed by atoms with Gasteiger partial charge in [0.25, 0.3) is 5.82 Å². The molecule has 0 saturated carbocycles. The van der Waals surface area contributed by atoms with Crippen LogP contribution in [0, 0.1) is 12.5 Å².